The van der Waals surface area contributed by atoms with Crippen LogP contribution in [0.1, 0.15) is 30.9 Å². The Hall–Kier alpha value is -1.10. The number of aromatic nitrogens is 1. The molecule has 1 heterocycles. The summed E-state index contributed by atoms with van der Waals surface area (Å²) in [6, 6.07) is 3.68. The van der Waals surface area contributed by atoms with E-state index >= 15 is 0 Å². The molecule has 96 valence electrons. The smallest absolute Gasteiger partial charge is 0.255 e. The molecule has 0 saturated carbocycles. The lowest BCUT2D eigenvalue weighted by atomic mass is 9.98. The first-order chi connectivity index (χ1) is 8.30. The predicted molar refractivity (Wildman–Crippen MR) is 68.5 cm³/mol. The first-order valence-electron chi connectivity index (χ1n) is 5.46. The van der Waals surface area contributed by atoms with E-state index in [9.17, 15) is 13.2 Å². The van der Waals surface area contributed by atoms with Gasteiger partial charge < -0.3 is 0 Å². The second-order valence-corrected chi connectivity index (χ2v) is 5.26. The van der Waals surface area contributed by atoms with E-state index in [-0.39, 0.29) is 5.92 Å². The van der Waals surface area contributed by atoms with E-state index in [1.807, 2.05) is 13.8 Å². The van der Waals surface area contributed by atoms with Gasteiger partial charge in [-0.2, -0.15) is 13.2 Å². The van der Waals surface area contributed by atoms with Crippen molar-refractivity contribution < 1.29 is 13.2 Å². The molecule has 0 radical (unpaired) electrons. The Morgan fingerprint density at radius 2 is 1.89 bits per heavy atom. The van der Waals surface area contributed by atoms with Crippen molar-refractivity contribution in [3.05, 3.63) is 40.0 Å². The van der Waals surface area contributed by atoms with E-state index in [4.69, 9.17) is 0 Å². The van der Waals surface area contributed by atoms with Crippen LogP contribution in [-0.2, 0) is 6.18 Å². The van der Waals surface area contributed by atoms with Gasteiger partial charge in [-0.25, -0.2) is 0 Å². The summed E-state index contributed by atoms with van der Waals surface area (Å²) in [5.41, 5.74) is 0.685. The quantitative estimate of drug-likeness (QED) is 0.709. The number of halogens is 4. The molecular weight excluding hydrogens is 307 g/mol. The van der Waals surface area contributed by atoms with Crippen molar-refractivity contribution in [1.29, 1.82) is 0 Å². The van der Waals surface area contributed by atoms with Crippen molar-refractivity contribution >= 4 is 26.8 Å². The molecule has 1 nitrogen and oxygen atoms in total. The van der Waals surface area contributed by atoms with Gasteiger partial charge in [0.25, 0.3) is 0 Å². The van der Waals surface area contributed by atoms with E-state index in [1.165, 1.54) is 6.07 Å². The Morgan fingerprint density at radius 1 is 1.22 bits per heavy atom. The van der Waals surface area contributed by atoms with Crippen molar-refractivity contribution in [3.8, 4) is 0 Å². The molecular formula is C13H11BrF3N. The summed E-state index contributed by atoms with van der Waals surface area (Å²) in [5, 5.41) is 0.757. The first-order valence-corrected chi connectivity index (χ1v) is 6.25. The lowest BCUT2D eigenvalue weighted by molar-refractivity contribution is -0.137. The van der Waals surface area contributed by atoms with Crippen LogP contribution in [0.5, 0.6) is 0 Å². The third kappa shape index (κ3) is 2.36. The van der Waals surface area contributed by atoms with Crippen molar-refractivity contribution in [2.24, 2.45) is 0 Å². The summed E-state index contributed by atoms with van der Waals surface area (Å²) < 4.78 is 38.7. The molecule has 18 heavy (non-hydrogen) atoms. The van der Waals surface area contributed by atoms with Crippen LogP contribution in [0.4, 0.5) is 13.2 Å². The molecule has 2 rings (SSSR count). The van der Waals surface area contributed by atoms with Gasteiger partial charge in [0.1, 0.15) is 0 Å². The molecule has 2 aromatic rings. The Bertz CT molecular complexity index is 591. The fourth-order valence-electron chi connectivity index (χ4n) is 1.95. The number of hydrogen-bond acceptors (Lipinski definition) is 1. The number of rotatable bonds is 1. The minimum Gasteiger partial charge on any atom is -0.255 e. The predicted octanol–water partition coefficient (Wildman–Crippen LogP) is 5.14. The molecule has 0 fully saturated rings. The third-order valence-corrected chi connectivity index (χ3v) is 3.40. The van der Waals surface area contributed by atoms with Crippen molar-refractivity contribution in [2.75, 3.05) is 0 Å². The summed E-state index contributed by atoms with van der Waals surface area (Å²) in [7, 11) is 0. The normalized spacial score (nSPS) is 12.4. The SMILES string of the molecule is CC(C)c1c(Br)cnc2cc(C(F)(F)F)ccc12. The van der Waals surface area contributed by atoms with Gasteiger partial charge in [-0.15, -0.1) is 0 Å². The molecule has 0 bridgehead atoms. The maximum Gasteiger partial charge on any atom is 0.416 e. The summed E-state index contributed by atoms with van der Waals surface area (Å²) in [5.74, 6) is 0.210. The van der Waals surface area contributed by atoms with Crippen LogP contribution in [0.3, 0.4) is 0 Å². The van der Waals surface area contributed by atoms with Crippen LogP contribution in [0.15, 0.2) is 28.9 Å². The van der Waals surface area contributed by atoms with Gasteiger partial charge in [0.15, 0.2) is 0 Å². The minimum absolute atomic E-state index is 0.210. The van der Waals surface area contributed by atoms with E-state index < -0.39 is 11.7 Å². The summed E-state index contributed by atoms with van der Waals surface area (Å²) in [4.78, 5) is 4.05. The zero-order valence-corrected chi connectivity index (χ0v) is 11.4. The van der Waals surface area contributed by atoms with Gasteiger partial charge in [-0.3, -0.25) is 4.98 Å². The number of nitrogens with zero attached hydrogens (tertiary/aromatic N) is 1. The molecule has 0 aliphatic carbocycles. The Morgan fingerprint density at radius 3 is 2.44 bits per heavy atom. The molecule has 5 heteroatoms. The van der Waals surface area contributed by atoms with Gasteiger partial charge in [-0.05, 0) is 39.5 Å². The Balaban J connectivity index is 2.71. The van der Waals surface area contributed by atoms with Crippen molar-refractivity contribution in [1.82, 2.24) is 4.98 Å². The largest absolute Gasteiger partial charge is 0.416 e. The number of benzene rings is 1. The standard InChI is InChI=1S/C13H11BrF3N/c1-7(2)12-9-4-3-8(13(15,16)17)5-11(9)18-6-10(12)14/h3-7H,1-2H3. The molecule has 0 unspecified atom stereocenters. The Kier molecular flexibility index (Phi) is 3.36. The van der Waals surface area contributed by atoms with Crippen LogP contribution in [0.2, 0.25) is 0 Å². The van der Waals surface area contributed by atoms with Gasteiger partial charge in [0.2, 0.25) is 0 Å². The summed E-state index contributed by atoms with van der Waals surface area (Å²) >= 11 is 3.39. The van der Waals surface area contributed by atoms with Gasteiger partial charge in [0.05, 0.1) is 11.1 Å². The molecule has 0 N–H and O–H groups in total. The van der Waals surface area contributed by atoms with E-state index in [2.05, 4.69) is 20.9 Å². The maximum absolute atomic E-state index is 12.6. The van der Waals surface area contributed by atoms with Crippen LogP contribution in [-0.4, -0.2) is 4.98 Å². The highest BCUT2D eigenvalue weighted by Crippen LogP contribution is 2.35. The van der Waals surface area contributed by atoms with Crippen LogP contribution < -0.4 is 0 Å². The lowest BCUT2D eigenvalue weighted by Crippen LogP contribution is -2.05. The third-order valence-electron chi connectivity index (χ3n) is 2.77. The Labute approximate surface area is 111 Å². The number of fused-ring (bicyclic) bond motifs is 1. The molecule has 1 aromatic heterocycles. The van der Waals surface area contributed by atoms with Crippen molar-refractivity contribution in [2.45, 2.75) is 25.9 Å². The first kappa shape index (κ1) is 13.3. The average Bonchev–Trinajstić information content (AvgIpc) is 2.26. The number of pyridine rings is 1. The highest BCUT2D eigenvalue weighted by Gasteiger charge is 2.30. The van der Waals surface area contributed by atoms with Crippen LogP contribution in [0, 0.1) is 0 Å². The fourth-order valence-corrected chi connectivity index (χ4v) is 2.73. The van der Waals surface area contributed by atoms with Gasteiger partial charge >= 0.3 is 6.18 Å². The molecule has 0 spiro atoms. The molecule has 0 amide bonds. The van der Waals surface area contributed by atoms with Crippen molar-refractivity contribution in [3.63, 3.8) is 0 Å². The molecule has 0 aliphatic heterocycles. The monoisotopic (exact) mass is 317 g/mol. The lowest BCUT2D eigenvalue weighted by Gasteiger charge is -2.13. The van der Waals surface area contributed by atoms with E-state index in [0.717, 1.165) is 27.6 Å². The summed E-state index contributed by atoms with van der Waals surface area (Å²) in [6.45, 7) is 3.99. The average molecular weight is 318 g/mol. The molecule has 0 saturated heterocycles. The number of hydrogen-bond donors (Lipinski definition) is 0. The minimum atomic E-state index is -4.33. The van der Waals surface area contributed by atoms with E-state index in [0.29, 0.717) is 5.52 Å². The topological polar surface area (TPSA) is 12.9 Å². The fraction of sp³-hybridized carbons (Fsp3) is 0.308. The second-order valence-electron chi connectivity index (χ2n) is 4.40. The van der Waals surface area contributed by atoms with Crippen LogP contribution in [0.25, 0.3) is 10.9 Å². The highest BCUT2D eigenvalue weighted by atomic mass is 79.9. The highest BCUT2D eigenvalue weighted by molar-refractivity contribution is 9.10. The second kappa shape index (κ2) is 4.53. The van der Waals surface area contributed by atoms with Gasteiger partial charge in [0, 0.05) is 16.1 Å². The summed E-state index contributed by atoms with van der Waals surface area (Å²) in [6.07, 6.45) is -2.78. The molecule has 0 aliphatic rings. The van der Waals surface area contributed by atoms with E-state index in [1.54, 1.807) is 6.20 Å². The van der Waals surface area contributed by atoms with Crippen LogP contribution >= 0.6 is 15.9 Å². The molecule has 1 aromatic carbocycles. The maximum atomic E-state index is 12.6. The molecule has 0 atom stereocenters. The van der Waals surface area contributed by atoms with Gasteiger partial charge in [-0.1, -0.05) is 19.9 Å². The zero-order valence-electron chi connectivity index (χ0n) is 9.85. The number of alkyl halides is 3. The zero-order chi connectivity index (χ0) is 13.5.